The summed E-state index contributed by atoms with van der Waals surface area (Å²) in [5.41, 5.74) is 14.5. The molecule has 0 aliphatic heterocycles. The molecule has 1 radical (unpaired) electrons. The minimum Gasteiger partial charge on any atom is -0.486 e. The van der Waals surface area contributed by atoms with E-state index in [9.17, 15) is 0 Å². The van der Waals surface area contributed by atoms with Crippen molar-refractivity contribution < 1.29 is 25.9 Å². The van der Waals surface area contributed by atoms with Crippen LogP contribution in [0.2, 0.25) is 19.6 Å². The molecule has 0 spiro atoms. The van der Waals surface area contributed by atoms with E-state index in [0.717, 1.165) is 61.3 Å². The maximum atomic E-state index is 8.68. The van der Waals surface area contributed by atoms with Gasteiger partial charge in [0.1, 0.15) is 0 Å². The average Bonchev–Trinajstić information content (AvgIpc) is 3.81. The Labute approximate surface area is 377 Å². The van der Waals surface area contributed by atoms with Crippen LogP contribution < -0.4 is 5.19 Å². The van der Waals surface area contributed by atoms with Crippen molar-refractivity contribution in [2.45, 2.75) is 85.8 Å². The number of para-hydroxylation sites is 2. The Hall–Kier alpha value is -5.46. The molecule has 4 heterocycles. The summed E-state index contributed by atoms with van der Waals surface area (Å²) in [6, 6.07) is 48.7. The van der Waals surface area contributed by atoms with Gasteiger partial charge in [-0.05, 0) is 94.2 Å². The molecule has 5 nitrogen and oxygen atoms in total. The van der Waals surface area contributed by atoms with Crippen LogP contribution in [0.4, 0.5) is 0 Å². The van der Waals surface area contributed by atoms with E-state index in [4.69, 9.17) is 15.8 Å². The van der Waals surface area contributed by atoms with Crippen LogP contribution in [0.5, 0.6) is 0 Å². The predicted octanol–water partition coefficient (Wildman–Crippen LogP) is 14.2. The third-order valence-corrected chi connectivity index (χ3v) is 13.2. The van der Waals surface area contributed by atoms with Gasteiger partial charge in [-0.3, -0.25) is 4.98 Å². The van der Waals surface area contributed by atoms with Crippen molar-refractivity contribution in [3.63, 3.8) is 0 Å². The van der Waals surface area contributed by atoms with Gasteiger partial charge in [0.05, 0.1) is 30.5 Å². The molecule has 0 atom stereocenters. The topological polar surface area (TPSA) is 56.7 Å². The Bertz CT molecular complexity index is 2980. The van der Waals surface area contributed by atoms with Crippen LogP contribution in [0.15, 0.2) is 132 Å². The second kappa shape index (κ2) is 17.9. The third-order valence-electron chi connectivity index (χ3n) is 11.2. The molecule has 7 heteroatoms. The predicted molar refractivity (Wildman–Crippen MR) is 254 cm³/mol. The van der Waals surface area contributed by atoms with E-state index >= 15 is 0 Å². The second-order valence-electron chi connectivity index (χ2n) is 17.6. The maximum Gasteiger partial charge on any atom is 0.216 e. The minimum atomic E-state index is -1.62. The number of aryl methyl sites for hydroxylation is 1. The Balaban J connectivity index is 0.000000186. The molecule has 0 unspecified atom stereocenters. The maximum absolute atomic E-state index is 8.68. The molecule has 0 aliphatic carbocycles. The third kappa shape index (κ3) is 8.70. The quantitative estimate of drug-likeness (QED) is 0.112. The number of pyridine rings is 2. The summed E-state index contributed by atoms with van der Waals surface area (Å²) in [7, 11) is -1.62. The molecule has 311 valence electrons. The van der Waals surface area contributed by atoms with Crippen molar-refractivity contribution in [2.24, 2.45) is 0 Å². The molecule has 0 fully saturated rings. The Kier molecular flexibility index (Phi) is 12.4. The van der Waals surface area contributed by atoms with Crippen molar-refractivity contribution in [2.75, 3.05) is 0 Å². The van der Waals surface area contributed by atoms with Crippen molar-refractivity contribution in [3.8, 4) is 39.5 Å². The average molecular weight is 996 g/mol. The standard InChI is InChI=1S/C31H29N2.C23H25N2OSi.Ir/c1-21(2)26-19-25(23-13-7-5-8-14-23)20-27(22(3)4)30(26)33-29-18-12-11-17-28(29)32-31(33)24-15-9-6-10-16-24;1-14(2)19-12-20(24-13-21(19)27(4,5)6)18-9-7-8-16-17-11-10-15(3)25-23(17)26-22(16)18;/h5-15,17-22H,1-4H3;7-8,10-14H,1-6H3;/q2*-1;/i;14D;. The zero-order valence-electron chi connectivity index (χ0n) is 37.8. The summed E-state index contributed by atoms with van der Waals surface area (Å²) in [6.45, 7) is 21.8. The van der Waals surface area contributed by atoms with Gasteiger partial charge in [0.2, 0.25) is 5.71 Å². The zero-order chi connectivity index (χ0) is 43.2. The van der Waals surface area contributed by atoms with E-state index in [-0.39, 0.29) is 20.1 Å². The number of hydrogen-bond acceptors (Lipinski definition) is 4. The van der Waals surface area contributed by atoms with E-state index in [2.05, 4.69) is 154 Å². The van der Waals surface area contributed by atoms with Gasteiger partial charge in [-0.15, -0.1) is 54.1 Å². The molecule has 61 heavy (non-hydrogen) atoms. The second-order valence-corrected chi connectivity index (χ2v) is 22.6. The molecule has 0 saturated heterocycles. The van der Waals surface area contributed by atoms with Gasteiger partial charge in [-0.2, -0.15) is 0 Å². The molecule has 0 aliphatic rings. The number of benzene rings is 5. The van der Waals surface area contributed by atoms with Crippen molar-refractivity contribution in [3.05, 3.63) is 162 Å². The van der Waals surface area contributed by atoms with Gasteiger partial charge in [0.15, 0.2) is 0 Å². The molecule has 9 rings (SSSR count). The van der Waals surface area contributed by atoms with E-state index in [1.165, 1.54) is 33.1 Å². The number of hydrogen-bond donors (Lipinski definition) is 0. The molecule has 0 N–H and O–H groups in total. The summed E-state index contributed by atoms with van der Waals surface area (Å²) in [6.07, 6.45) is 1.96. The molecule has 0 bridgehead atoms. The number of imidazole rings is 1. The molecule has 0 saturated carbocycles. The fourth-order valence-corrected chi connectivity index (χ4v) is 9.67. The fourth-order valence-electron chi connectivity index (χ4n) is 8.09. The number of nitrogens with zero attached hydrogens (tertiary/aromatic N) is 4. The van der Waals surface area contributed by atoms with Crippen molar-refractivity contribution >= 4 is 46.4 Å². The largest absolute Gasteiger partial charge is 0.486 e. The smallest absolute Gasteiger partial charge is 0.216 e. The first-order chi connectivity index (χ1) is 29.1. The van der Waals surface area contributed by atoms with Gasteiger partial charge in [0.25, 0.3) is 0 Å². The van der Waals surface area contributed by atoms with Crippen molar-refractivity contribution in [1.82, 2.24) is 19.5 Å². The van der Waals surface area contributed by atoms with Crippen LogP contribution in [-0.2, 0) is 20.1 Å². The Morgan fingerprint density at radius 3 is 2.03 bits per heavy atom. The summed E-state index contributed by atoms with van der Waals surface area (Å²) < 4.78 is 17.2. The van der Waals surface area contributed by atoms with Gasteiger partial charge in [-0.25, -0.2) is 4.98 Å². The Morgan fingerprint density at radius 1 is 0.689 bits per heavy atom. The van der Waals surface area contributed by atoms with Gasteiger partial charge in [0, 0.05) is 44.4 Å². The molecule has 4 aromatic heterocycles. The van der Waals surface area contributed by atoms with Crippen LogP contribution in [-0.4, -0.2) is 27.6 Å². The molecule has 0 amide bonds. The normalized spacial score (nSPS) is 12.2. The number of fused-ring (bicyclic) bond motifs is 4. The number of aromatic nitrogens is 4. The summed E-state index contributed by atoms with van der Waals surface area (Å²) in [5, 5.41) is 3.24. The minimum absolute atomic E-state index is 0. The summed E-state index contributed by atoms with van der Waals surface area (Å²) >= 11 is 0. The van der Waals surface area contributed by atoms with Crippen LogP contribution in [0.1, 0.15) is 83.0 Å². The van der Waals surface area contributed by atoms with E-state index in [1.807, 2.05) is 63.4 Å². The SMILES string of the molecule is CC(C)c1cc(-c2ccccc2)cc(C(C)C)c1-n1c(-c2[c-]cccc2)nc2ccccc21.[2H]C(C)(C)c1cc(-c2[c-]ccc3c2oc2nc(C)ccc23)ncc1[Si](C)(C)C.[Ir]. The van der Waals surface area contributed by atoms with Gasteiger partial charge >= 0.3 is 0 Å². The first kappa shape index (κ1) is 42.2. The van der Waals surface area contributed by atoms with E-state index in [1.54, 1.807) is 0 Å². The first-order valence-corrected chi connectivity index (χ1v) is 24.5. The zero-order valence-corrected chi connectivity index (χ0v) is 40.2. The fraction of sp³-hybridized carbons (Fsp3) is 0.241. The first-order valence-electron chi connectivity index (χ1n) is 21.5. The molecular formula is C54H54IrN4OSi-2. The van der Waals surface area contributed by atoms with Crippen molar-refractivity contribution in [1.29, 1.82) is 0 Å². The van der Waals surface area contributed by atoms with E-state index < -0.39 is 14.0 Å². The van der Waals surface area contributed by atoms with Crippen LogP contribution in [0.25, 0.3) is 72.6 Å². The summed E-state index contributed by atoms with van der Waals surface area (Å²) in [4.78, 5) is 14.4. The van der Waals surface area contributed by atoms with Crippen LogP contribution in [0.3, 0.4) is 0 Å². The molecular weight excluding hydrogens is 941 g/mol. The molecule has 9 aromatic rings. The molecule has 5 aromatic carbocycles. The van der Waals surface area contributed by atoms with Gasteiger partial charge in [-0.1, -0.05) is 126 Å². The number of furan rings is 1. The van der Waals surface area contributed by atoms with Gasteiger partial charge < -0.3 is 14.0 Å². The Morgan fingerprint density at radius 2 is 1.38 bits per heavy atom. The summed E-state index contributed by atoms with van der Waals surface area (Å²) in [5.74, 6) is 0.950. The monoisotopic (exact) mass is 996 g/mol. The van der Waals surface area contributed by atoms with E-state index in [0.29, 0.717) is 17.5 Å². The van der Waals surface area contributed by atoms with Crippen LogP contribution >= 0.6 is 0 Å². The number of rotatable bonds is 8. The van der Waals surface area contributed by atoms with Crippen LogP contribution in [0, 0.1) is 19.1 Å².